The number of benzene rings is 1. The molecule has 2 aromatic heterocycles. The highest BCUT2D eigenvalue weighted by atomic mass is 35.5. The van der Waals surface area contributed by atoms with Crippen LogP contribution in [0.2, 0.25) is 5.02 Å². The first-order valence-electron chi connectivity index (χ1n) is 14.4. The normalized spacial score (nSPS) is 21.5. The third-order valence-corrected chi connectivity index (χ3v) is 8.84. The molecule has 2 saturated heterocycles. The number of anilines is 2. The summed E-state index contributed by atoms with van der Waals surface area (Å²) >= 11 is 6.48. The Kier molecular flexibility index (Phi) is 7.93. The summed E-state index contributed by atoms with van der Waals surface area (Å²) in [6.07, 6.45) is 5.72. The number of nitrogens with one attached hydrogen (secondary N) is 1. The molecular weight excluding hydrogens is 566 g/mol. The molecule has 1 aromatic carbocycles. The molecule has 2 fully saturated rings. The molecule has 5 heterocycles. The van der Waals surface area contributed by atoms with Crippen molar-refractivity contribution < 1.29 is 18.3 Å². The summed E-state index contributed by atoms with van der Waals surface area (Å²) < 4.78 is 36.4. The third kappa shape index (κ3) is 5.61. The minimum atomic E-state index is -1.50. The maximum absolute atomic E-state index is 15.7. The van der Waals surface area contributed by atoms with Crippen molar-refractivity contribution in [3.8, 4) is 6.01 Å². The molecule has 0 radical (unpaired) electrons. The fourth-order valence-electron chi connectivity index (χ4n) is 6.29. The number of aromatic nitrogens is 4. The summed E-state index contributed by atoms with van der Waals surface area (Å²) in [4.78, 5) is 29.7. The first-order chi connectivity index (χ1) is 20.2. The molecule has 6 rings (SSSR count). The maximum atomic E-state index is 15.7. The Bertz CT molecular complexity index is 1490. The Labute approximate surface area is 248 Å². The predicted octanol–water partition coefficient (Wildman–Crippen LogP) is 3.75. The number of hydrogen-bond donors (Lipinski definition) is 1. The van der Waals surface area contributed by atoms with Crippen LogP contribution in [0.1, 0.15) is 30.4 Å². The zero-order valence-electron chi connectivity index (χ0n) is 23.7. The van der Waals surface area contributed by atoms with E-state index in [1.165, 1.54) is 12.1 Å². The van der Waals surface area contributed by atoms with Crippen molar-refractivity contribution in [1.29, 1.82) is 0 Å². The average Bonchev–Trinajstić information content (AvgIpc) is 3.46. The van der Waals surface area contributed by atoms with E-state index in [-0.39, 0.29) is 30.1 Å². The summed E-state index contributed by atoms with van der Waals surface area (Å²) in [7, 11) is 1.91. The Hall–Kier alpha value is -3.51. The van der Waals surface area contributed by atoms with Crippen molar-refractivity contribution in [2.45, 2.75) is 37.9 Å². The highest BCUT2D eigenvalue weighted by molar-refractivity contribution is 6.32. The van der Waals surface area contributed by atoms with Gasteiger partial charge in [0.15, 0.2) is 5.67 Å². The minimum Gasteiger partial charge on any atom is -0.460 e. The van der Waals surface area contributed by atoms with Crippen LogP contribution in [-0.4, -0.2) is 101 Å². The van der Waals surface area contributed by atoms with Gasteiger partial charge in [0.05, 0.1) is 16.7 Å². The van der Waals surface area contributed by atoms with Crippen LogP contribution in [0.3, 0.4) is 0 Å². The van der Waals surface area contributed by atoms with E-state index in [4.69, 9.17) is 26.3 Å². The number of ether oxygens (including phenoxy) is 1. The zero-order chi connectivity index (χ0) is 29.4. The molecule has 0 bridgehead atoms. The number of carbonyl (C=O) groups excluding carboxylic acids is 1. The third-order valence-electron chi connectivity index (χ3n) is 8.43. The number of carbonyl (C=O) groups is 1. The molecule has 3 aliphatic heterocycles. The van der Waals surface area contributed by atoms with Gasteiger partial charge in [0.2, 0.25) is 5.91 Å². The van der Waals surface area contributed by atoms with Crippen LogP contribution in [0.25, 0.3) is 10.9 Å². The number of hydrogen-bond acceptors (Lipinski definition) is 8. The van der Waals surface area contributed by atoms with E-state index in [2.05, 4.69) is 26.6 Å². The second-order valence-corrected chi connectivity index (χ2v) is 11.8. The monoisotopic (exact) mass is 600 g/mol. The van der Waals surface area contributed by atoms with Crippen LogP contribution in [0.4, 0.5) is 20.4 Å². The predicted molar refractivity (Wildman–Crippen MR) is 158 cm³/mol. The van der Waals surface area contributed by atoms with E-state index in [1.54, 1.807) is 11.1 Å². The number of alkyl halides is 1. The minimum absolute atomic E-state index is 0.0468. The maximum Gasteiger partial charge on any atom is 0.320 e. The average molecular weight is 601 g/mol. The summed E-state index contributed by atoms with van der Waals surface area (Å²) in [5.74, 6) is 0.762. The van der Waals surface area contributed by atoms with Crippen molar-refractivity contribution in [2.75, 3.05) is 69.3 Å². The Morgan fingerprint density at radius 2 is 1.98 bits per heavy atom. The number of rotatable bonds is 7. The Morgan fingerprint density at radius 1 is 1.19 bits per heavy atom. The summed E-state index contributed by atoms with van der Waals surface area (Å²) in [6, 6.07) is 1.45. The van der Waals surface area contributed by atoms with E-state index in [0.29, 0.717) is 62.6 Å². The first-order valence-corrected chi connectivity index (χ1v) is 14.7. The van der Waals surface area contributed by atoms with Gasteiger partial charge in [0.1, 0.15) is 24.1 Å². The molecule has 42 heavy (non-hydrogen) atoms. The first kappa shape index (κ1) is 28.6. The van der Waals surface area contributed by atoms with E-state index in [9.17, 15) is 9.18 Å². The number of halogens is 3. The number of piperidine rings is 1. The number of aromatic amines is 1. The fourth-order valence-corrected chi connectivity index (χ4v) is 6.51. The number of likely N-dealkylation sites (tertiary alicyclic amines) is 1. The second-order valence-electron chi connectivity index (χ2n) is 11.4. The van der Waals surface area contributed by atoms with Crippen LogP contribution >= 0.6 is 11.6 Å². The lowest BCUT2D eigenvalue weighted by Crippen LogP contribution is -2.49. The van der Waals surface area contributed by atoms with Gasteiger partial charge in [0, 0.05) is 68.4 Å². The van der Waals surface area contributed by atoms with Gasteiger partial charge in [-0.25, -0.2) is 8.78 Å². The molecule has 0 spiro atoms. The van der Waals surface area contributed by atoms with Crippen molar-refractivity contribution in [2.24, 2.45) is 0 Å². The number of nitrogens with zero attached hydrogens (tertiary/aromatic N) is 7. The molecule has 1 amide bonds. The fraction of sp³-hybridized carbons (Fsp3) is 0.517. The lowest BCUT2D eigenvalue weighted by molar-refractivity contribution is -0.126. The van der Waals surface area contributed by atoms with E-state index < -0.39 is 11.5 Å². The molecule has 3 aromatic rings. The standard InChI is InChI=1S/C29H35ClF2N8O2/c1-3-24(41)38-10-12-39(13-11-38)26-19-6-4-9-40(16-21-20-15-33-36-23(20)14-22(31)25(21)30)27(19)35-28(34-26)42-18-29(32)7-5-8-37(2)17-29/h3,14-15H,1,4-13,16-18H2,2H3,(H,33,36)/t29-/m0/s1. The molecule has 10 nitrogen and oxygen atoms in total. The lowest BCUT2D eigenvalue weighted by atomic mass is 9.96. The molecular formula is C29H35ClF2N8O2. The lowest BCUT2D eigenvalue weighted by Gasteiger charge is -2.38. The second kappa shape index (κ2) is 11.6. The quantitative estimate of drug-likeness (QED) is 0.410. The number of fused-ring (bicyclic) bond motifs is 2. The molecule has 224 valence electrons. The van der Waals surface area contributed by atoms with Crippen molar-refractivity contribution >= 4 is 40.0 Å². The molecule has 1 N–H and O–H groups in total. The number of H-pyrrole nitrogens is 1. The molecule has 13 heteroatoms. The summed E-state index contributed by atoms with van der Waals surface area (Å²) in [6.45, 7) is 7.76. The van der Waals surface area contributed by atoms with Gasteiger partial charge in [-0.2, -0.15) is 15.1 Å². The smallest absolute Gasteiger partial charge is 0.320 e. The Morgan fingerprint density at radius 3 is 2.74 bits per heavy atom. The van der Waals surface area contributed by atoms with Crippen molar-refractivity contribution in [1.82, 2.24) is 30.0 Å². The summed E-state index contributed by atoms with van der Waals surface area (Å²) in [5, 5.41) is 7.69. The highest BCUT2D eigenvalue weighted by Gasteiger charge is 2.36. The molecule has 3 aliphatic rings. The number of piperazine rings is 1. The van der Waals surface area contributed by atoms with Gasteiger partial charge in [-0.3, -0.25) is 9.89 Å². The van der Waals surface area contributed by atoms with Crippen molar-refractivity contribution in [3.63, 3.8) is 0 Å². The van der Waals surface area contributed by atoms with Crippen LogP contribution in [0.15, 0.2) is 24.9 Å². The van der Waals surface area contributed by atoms with Crippen LogP contribution < -0.4 is 14.5 Å². The molecule has 1 atom stereocenters. The van der Waals surface area contributed by atoms with Crippen LogP contribution in [0, 0.1) is 5.82 Å². The Balaban J connectivity index is 1.34. The van der Waals surface area contributed by atoms with Gasteiger partial charge in [-0.1, -0.05) is 18.2 Å². The molecule has 0 unspecified atom stereocenters. The molecule has 0 aliphatic carbocycles. The number of amides is 1. The van der Waals surface area contributed by atoms with Gasteiger partial charge in [0.25, 0.3) is 0 Å². The van der Waals surface area contributed by atoms with Crippen LogP contribution in [-0.2, 0) is 17.8 Å². The SMILES string of the molecule is C=CC(=O)N1CCN(c2nc(OC[C@]3(F)CCCN(C)C3)nc3c2CCCN3Cc2c(Cl)c(F)cc3[nH]ncc23)CC1. The van der Waals surface area contributed by atoms with E-state index in [0.717, 1.165) is 42.6 Å². The summed E-state index contributed by atoms with van der Waals surface area (Å²) in [5.41, 5.74) is 0.625. The van der Waals surface area contributed by atoms with Crippen LogP contribution in [0.5, 0.6) is 6.01 Å². The van der Waals surface area contributed by atoms with E-state index >= 15 is 4.39 Å². The topological polar surface area (TPSA) is 93.7 Å². The van der Waals surface area contributed by atoms with Crippen molar-refractivity contribution in [3.05, 3.63) is 46.9 Å². The van der Waals surface area contributed by atoms with Gasteiger partial charge in [-0.15, -0.1) is 0 Å². The van der Waals surface area contributed by atoms with E-state index in [1.807, 2.05) is 11.9 Å². The molecule has 0 saturated carbocycles. The van der Waals surface area contributed by atoms with Gasteiger partial charge in [-0.05, 0) is 45.4 Å². The van der Waals surface area contributed by atoms with Gasteiger partial charge >= 0.3 is 6.01 Å². The van der Waals surface area contributed by atoms with Gasteiger partial charge < -0.3 is 24.3 Å². The zero-order valence-corrected chi connectivity index (χ0v) is 24.5. The largest absolute Gasteiger partial charge is 0.460 e. The highest BCUT2D eigenvalue weighted by Crippen LogP contribution is 2.38.